The molecule has 0 N–H and O–H groups in total. The Morgan fingerprint density at radius 3 is 1.97 bits per heavy atom. The summed E-state index contributed by atoms with van der Waals surface area (Å²) in [4.78, 5) is 26.0. The lowest BCUT2D eigenvalue weighted by molar-refractivity contribution is -0.140. The Bertz CT molecular complexity index is 809. The number of ether oxygens (including phenoxy) is 1. The predicted molar refractivity (Wildman–Crippen MR) is 131 cm³/mol. The molecule has 2 rings (SSSR count). The van der Waals surface area contributed by atoms with Crippen LogP contribution < -0.4 is 4.90 Å². The van der Waals surface area contributed by atoms with E-state index in [-0.39, 0.29) is 11.3 Å². The number of hydrogen-bond donors (Lipinski definition) is 0. The highest BCUT2D eigenvalue weighted by Gasteiger charge is 2.14. The first-order chi connectivity index (χ1) is 15.5. The minimum atomic E-state index is -0.0846. The van der Waals surface area contributed by atoms with E-state index in [2.05, 4.69) is 24.3 Å². The summed E-state index contributed by atoms with van der Waals surface area (Å²) in [6.07, 6.45) is 18.7. The molecule has 0 fully saturated rings. The van der Waals surface area contributed by atoms with Gasteiger partial charge in [-0.25, -0.2) is 4.98 Å². The van der Waals surface area contributed by atoms with Crippen LogP contribution in [0.5, 0.6) is 0 Å². The number of anilines is 1. The zero-order valence-electron chi connectivity index (χ0n) is 20.1. The van der Waals surface area contributed by atoms with Crippen LogP contribution >= 0.6 is 11.6 Å². The van der Waals surface area contributed by atoms with Crippen molar-refractivity contribution >= 4 is 34.6 Å². The van der Waals surface area contributed by atoms with Crippen LogP contribution in [-0.4, -0.2) is 46.7 Å². The van der Waals surface area contributed by atoms with E-state index in [0.717, 1.165) is 37.1 Å². The fourth-order valence-electron chi connectivity index (χ4n) is 4.01. The molecule has 2 heterocycles. The van der Waals surface area contributed by atoms with Crippen molar-refractivity contribution in [2.24, 2.45) is 0 Å². The van der Waals surface area contributed by atoms with E-state index in [9.17, 15) is 4.79 Å². The van der Waals surface area contributed by atoms with Crippen molar-refractivity contribution in [2.75, 3.05) is 26.1 Å². The quantitative estimate of drug-likeness (QED) is 0.158. The Morgan fingerprint density at radius 2 is 1.44 bits per heavy atom. The Kier molecular flexibility index (Phi) is 12.4. The molecule has 0 spiro atoms. The van der Waals surface area contributed by atoms with Gasteiger partial charge in [0.1, 0.15) is 5.52 Å². The number of unbranched alkanes of at least 4 members (excludes halogenated alkanes) is 12. The molecule has 32 heavy (non-hydrogen) atoms. The zero-order valence-corrected chi connectivity index (χ0v) is 20.9. The lowest BCUT2D eigenvalue weighted by atomic mass is 10.0. The average Bonchev–Trinajstić information content (AvgIpc) is 3.17. The fourth-order valence-corrected chi connectivity index (χ4v) is 4.17. The summed E-state index contributed by atoms with van der Waals surface area (Å²) in [5.41, 5.74) is 1.62. The molecule has 0 aliphatic heterocycles. The number of carbonyl (C=O) groups is 1. The summed E-state index contributed by atoms with van der Waals surface area (Å²) in [7, 11) is 5.38. The van der Waals surface area contributed by atoms with E-state index < -0.39 is 0 Å². The third-order valence-corrected chi connectivity index (χ3v) is 6.03. The van der Waals surface area contributed by atoms with Gasteiger partial charge in [-0.05, 0) is 24.4 Å². The van der Waals surface area contributed by atoms with Crippen LogP contribution in [0.15, 0.2) is 6.33 Å². The summed E-state index contributed by atoms with van der Waals surface area (Å²) in [5, 5.41) is 0.238. The molecule has 2 aromatic rings. The standard InChI is InChI=1S/C24H40ClN5O2/c1-29(2)23-21-22(27-24(25)28-23)26-19-30(21)18-16-14-12-10-8-6-4-5-7-9-11-13-15-17-20(31)32-3/h19H,4-18H2,1-3H3. The largest absolute Gasteiger partial charge is 0.469 e. The predicted octanol–water partition coefficient (Wildman–Crippen LogP) is 6.18. The summed E-state index contributed by atoms with van der Waals surface area (Å²) < 4.78 is 6.81. The number of methoxy groups -OCH3 is 1. The minimum absolute atomic E-state index is 0.0846. The molecule has 0 unspecified atom stereocenters. The van der Waals surface area contributed by atoms with Gasteiger partial charge in [0.25, 0.3) is 0 Å². The molecule has 0 saturated carbocycles. The average molecular weight is 466 g/mol. The third kappa shape index (κ3) is 9.31. The lowest BCUT2D eigenvalue weighted by Gasteiger charge is -2.14. The Balaban J connectivity index is 1.47. The summed E-state index contributed by atoms with van der Waals surface area (Å²) in [6, 6.07) is 0. The van der Waals surface area contributed by atoms with Gasteiger partial charge in [-0.15, -0.1) is 0 Å². The first-order valence-electron chi connectivity index (χ1n) is 12.2. The highest BCUT2D eigenvalue weighted by molar-refractivity contribution is 6.28. The van der Waals surface area contributed by atoms with Crippen LogP contribution in [0.4, 0.5) is 5.82 Å². The third-order valence-electron chi connectivity index (χ3n) is 5.86. The van der Waals surface area contributed by atoms with Crippen molar-refractivity contribution in [1.82, 2.24) is 19.5 Å². The fraction of sp³-hybridized carbons (Fsp3) is 0.750. The second kappa shape index (κ2) is 15.0. The van der Waals surface area contributed by atoms with Crippen LogP contribution in [0.2, 0.25) is 5.28 Å². The molecule has 8 heteroatoms. The number of aromatic nitrogens is 4. The van der Waals surface area contributed by atoms with Crippen LogP contribution in [0.3, 0.4) is 0 Å². The number of esters is 1. The summed E-state index contributed by atoms with van der Waals surface area (Å²) >= 11 is 6.02. The van der Waals surface area contributed by atoms with Crippen molar-refractivity contribution in [3.05, 3.63) is 11.6 Å². The van der Waals surface area contributed by atoms with E-state index in [1.807, 2.05) is 25.3 Å². The molecule has 0 saturated heterocycles. The number of carbonyl (C=O) groups excluding carboxylic acids is 1. The van der Waals surface area contributed by atoms with Gasteiger partial charge in [0.05, 0.1) is 13.4 Å². The molecule has 0 aromatic carbocycles. The van der Waals surface area contributed by atoms with E-state index >= 15 is 0 Å². The van der Waals surface area contributed by atoms with Gasteiger partial charge in [0.15, 0.2) is 11.5 Å². The van der Waals surface area contributed by atoms with Crippen molar-refractivity contribution in [1.29, 1.82) is 0 Å². The van der Waals surface area contributed by atoms with Gasteiger partial charge in [-0.1, -0.05) is 70.6 Å². The minimum Gasteiger partial charge on any atom is -0.469 e. The number of aryl methyl sites for hydroxylation is 1. The van der Waals surface area contributed by atoms with Crippen molar-refractivity contribution in [2.45, 2.75) is 96.4 Å². The van der Waals surface area contributed by atoms with E-state index in [4.69, 9.17) is 11.6 Å². The molecule has 0 bridgehead atoms. The van der Waals surface area contributed by atoms with Gasteiger partial charge in [0.2, 0.25) is 5.28 Å². The van der Waals surface area contributed by atoms with Crippen molar-refractivity contribution in [3.8, 4) is 0 Å². The van der Waals surface area contributed by atoms with E-state index in [1.54, 1.807) is 0 Å². The zero-order chi connectivity index (χ0) is 23.2. The second-order valence-electron chi connectivity index (χ2n) is 8.74. The molecule has 0 radical (unpaired) electrons. The van der Waals surface area contributed by atoms with Crippen LogP contribution in [0.25, 0.3) is 11.2 Å². The van der Waals surface area contributed by atoms with Crippen LogP contribution in [0, 0.1) is 0 Å². The molecule has 0 aliphatic carbocycles. The van der Waals surface area contributed by atoms with Crippen molar-refractivity contribution in [3.63, 3.8) is 0 Å². The number of rotatable bonds is 17. The van der Waals surface area contributed by atoms with Gasteiger partial charge < -0.3 is 14.2 Å². The maximum absolute atomic E-state index is 11.0. The normalized spacial score (nSPS) is 11.2. The molecular weight excluding hydrogens is 426 g/mol. The SMILES string of the molecule is COC(=O)CCCCCCCCCCCCCCCn1cnc2nc(Cl)nc(N(C)C)c21. The number of nitrogens with zero attached hydrogens (tertiary/aromatic N) is 5. The second-order valence-corrected chi connectivity index (χ2v) is 9.08. The van der Waals surface area contributed by atoms with Gasteiger partial charge >= 0.3 is 5.97 Å². The molecule has 2 aromatic heterocycles. The molecule has 7 nitrogen and oxygen atoms in total. The maximum Gasteiger partial charge on any atom is 0.305 e. The molecule has 180 valence electrons. The molecule has 0 aliphatic rings. The topological polar surface area (TPSA) is 73.1 Å². The van der Waals surface area contributed by atoms with Crippen LogP contribution in [-0.2, 0) is 16.1 Å². The first-order valence-corrected chi connectivity index (χ1v) is 12.5. The highest BCUT2D eigenvalue weighted by atomic mass is 35.5. The molecule has 0 amide bonds. The van der Waals surface area contributed by atoms with E-state index in [1.165, 1.54) is 71.3 Å². The van der Waals surface area contributed by atoms with Gasteiger partial charge in [-0.3, -0.25) is 4.79 Å². The summed E-state index contributed by atoms with van der Waals surface area (Å²) in [5.74, 6) is 0.734. The van der Waals surface area contributed by atoms with Gasteiger partial charge in [-0.2, -0.15) is 9.97 Å². The lowest BCUT2D eigenvalue weighted by Crippen LogP contribution is -2.13. The number of halogens is 1. The van der Waals surface area contributed by atoms with E-state index in [0.29, 0.717) is 12.1 Å². The first kappa shape index (κ1) is 26.4. The number of imidazole rings is 1. The maximum atomic E-state index is 11.0. The monoisotopic (exact) mass is 465 g/mol. The molecule has 0 atom stereocenters. The Morgan fingerprint density at radius 1 is 0.906 bits per heavy atom. The Labute approximate surface area is 197 Å². The number of hydrogen-bond acceptors (Lipinski definition) is 6. The number of fused-ring (bicyclic) bond motifs is 1. The highest BCUT2D eigenvalue weighted by Crippen LogP contribution is 2.24. The Hall–Kier alpha value is -1.89. The van der Waals surface area contributed by atoms with Crippen LogP contribution in [0.1, 0.15) is 89.9 Å². The van der Waals surface area contributed by atoms with Gasteiger partial charge in [0, 0.05) is 27.1 Å². The summed E-state index contributed by atoms with van der Waals surface area (Å²) in [6.45, 7) is 0.933. The van der Waals surface area contributed by atoms with Crippen molar-refractivity contribution < 1.29 is 9.53 Å². The molecular formula is C24H40ClN5O2. The smallest absolute Gasteiger partial charge is 0.305 e.